The lowest BCUT2D eigenvalue weighted by atomic mass is 10.1. The molecule has 8 heteroatoms. The maximum absolute atomic E-state index is 12.8. The van der Waals surface area contributed by atoms with Gasteiger partial charge in [-0.1, -0.05) is 28.1 Å². The van der Waals surface area contributed by atoms with Crippen LogP contribution in [0.3, 0.4) is 0 Å². The highest BCUT2D eigenvalue weighted by Gasteiger charge is 2.31. The Hall–Kier alpha value is -3.00. The van der Waals surface area contributed by atoms with E-state index in [0.29, 0.717) is 17.0 Å². The van der Waals surface area contributed by atoms with Crippen LogP contribution in [0.4, 0.5) is 13.2 Å². The number of aromatic nitrogens is 3. The van der Waals surface area contributed by atoms with Crippen molar-refractivity contribution in [2.45, 2.75) is 6.18 Å². The number of alkyl halides is 3. The van der Waals surface area contributed by atoms with Gasteiger partial charge >= 0.3 is 6.18 Å². The summed E-state index contributed by atoms with van der Waals surface area (Å²) in [4.78, 5) is 12.5. The van der Waals surface area contributed by atoms with E-state index in [2.05, 4.69) is 30.9 Å². The summed E-state index contributed by atoms with van der Waals surface area (Å²) in [6.45, 7) is 0. The Morgan fingerprint density at radius 3 is 2.54 bits per heavy atom. The predicted octanol–water partition coefficient (Wildman–Crippen LogP) is 6.27. The summed E-state index contributed by atoms with van der Waals surface area (Å²) in [5.74, 6) is 0.814. The first-order chi connectivity index (χ1) is 13.4. The minimum absolute atomic E-state index is 0.270. The summed E-state index contributed by atoms with van der Waals surface area (Å²) in [6, 6.07) is 14.2. The minimum atomic E-state index is -4.41. The van der Waals surface area contributed by atoms with E-state index in [1.807, 2.05) is 18.2 Å². The standard InChI is InChI=1S/C20H11BrF3N3O/c21-16-8-13(20(22,23)24)4-6-15(16)18-10-19(27-11-26-18)28-14-5-3-12-2-1-7-25-17(12)9-14/h1-11H. The minimum Gasteiger partial charge on any atom is -0.439 e. The lowest BCUT2D eigenvalue weighted by Crippen LogP contribution is -2.04. The summed E-state index contributed by atoms with van der Waals surface area (Å²) in [6.07, 6.45) is -1.42. The average molecular weight is 446 g/mol. The van der Waals surface area contributed by atoms with E-state index in [-0.39, 0.29) is 10.4 Å². The molecule has 0 saturated heterocycles. The van der Waals surface area contributed by atoms with Gasteiger partial charge in [0, 0.05) is 33.8 Å². The summed E-state index contributed by atoms with van der Waals surface area (Å²) < 4.78 is 44.6. The number of hydrogen-bond donors (Lipinski definition) is 0. The summed E-state index contributed by atoms with van der Waals surface area (Å²) in [7, 11) is 0. The number of fused-ring (bicyclic) bond motifs is 1. The molecule has 0 fully saturated rings. The average Bonchev–Trinajstić information content (AvgIpc) is 2.67. The Balaban J connectivity index is 1.64. The van der Waals surface area contributed by atoms with Crippen LogP contribution in [0.15, 0.2) is 71.6 Å². The van der Waals surface area contributed by atoms with Gasteiger partial charge in [-0.2, -0.15) is 13.2 Å². The molecule has 4 aromatic rings. The SMILES string of the molecule is FC(F)(F)c1ccc(-c2cc(Oc3ccc4cccnc4c3)ncn2)c(Br)c1. The number of ether oxygens (including phenoxy) is 1. The molecule has 0 aliphatic carbocycles. The van der Waals surface area contributed by atoms with Crippen molar-refractivity contribution in [2.75, 3.05) is 0 Å². The van der Waals surface area contributed by atoms with Crippen molar-refractivity contribution in [1.82, 2.24) is 15.0 Å². The predicted molar refractivity (Wildman–Crippen MR) is 102 cm³/mol. The van der Waals surface area contributed by atoms with Gasteiger partial charge in [-0.15, -0.1) is 0 Å². The van der Waals surface area contributed by atoms with Crippen molar-refractivity contribution >= 4 is 26.8 Å². The molecule has 0 bridgehead atoms. The first-order valence-corrected chi connectivity index (χ1v) is 8.91. The molecule has 0 aliphatic rings. The molecule has 0 aliphatic heterocycles. The summed E-state index contributed by atoms with van der Waals surface area (Å²) >= 11 is 3.19. The van der Waals surface area contributed by atoms with Gasteiger partial charge in [0.25, 0.3) is 0 Å². The molecule has 140 valence electrons. The van der Waals surface area contributed by atoms with E-state index in [0.717, 1.165) is 23.0 Å². The van der Waals surface area contributed by atoms with Gasteiger partial charge in [-0.3, -0.25) is 4.98 Å². The molecule has 0 radical (unpaired) electrons. The summed E-state index contributed by atoms with van der Waals surface area (Å²) in [5, 5.41) is 0.979. The molecule has 0 saturated carbocycles. The molecule has 28 heavy (non-hydrogen) atoms. The maximum Gasteiger partial charge on any atom is 0.416 e. The lowest BCUT2D eigenvalue weighted by molar-refractivity contribution is -0.137. The van der Waals surface area contributed by atoms with E-state index >= 15 is 0 Å². The number of nitrogens with zero attached hydrogens (tertiary/aromatic N) is 3. The largest absolute Gasteiger partial charge is 0.439 e. The number of rotatable bonds is 3. The van der Waals surface area contributed by atoms with Crippen LogP contribution < -0.4 is 4.74 Å². The first-order valence-electron chi connectivity index (χ1n) is 8.12. The molecule has 0 unspecified atom stereocenters. The molecule has 4 nitrogen and oxygen atoms in total. The zero-order valence-corrected chi connectivity index (χ0v) is 15.7. The van der Waals surface area contributed by atoms with E-state index in [1.54, 1.807) is 24.4 Å². The third-order valence-electron chi connectivity index (χ3n) is 4.01. The van der Waals surface area contributed by atoms with Gasteiger partial charge in [0.1, 0.15) is 12.1 Å². The fourth-order valence-electron chi connectivity index (χ4n) is 2.67. The monoisotopic (exact) mass is 445 g/mol. The fourth-order valence-corrected chi connectivity index (χ4v) is 3.25. The number of halogens is 4. The van der Waals surface area contributed by atoms with E-state index in [4.69, 9.17) is 4.74 Å². The van der Waals surface area contributed by atoms with Gasteiger partial charge in [-0.25, -0.2) is 9.97 Å². The van der Waals surface area contributed by atoms with Gasteiger partial charge in [0.15, 0.2) is 0 Å². The molecule has 2 heterocycles. The quantitative estimate of drug-likeness (QED) is 0.373. The van der Waals surface area contributed by atoms with E-state index in [1.165, 1.54) is 12.4 Å². The maximum atomic E-state index is 12.8. The van der Waals surface area contributed by atoms with Gasteiger partial charge in [0.05, 0.1) is 16.8 Å². The zero-order chi connectivity index (χ0) is 19.7. The lowest BCUT2D eigenvalue weighted by Gasteiger charge is -2.11. The number of hydrogen-bond acceptors (Lipinski definition) is 4. The van der Waals surface area contributed by atoms with Crippen molar-refractivity contribution in [2.24, 2.45) is 0 Å². The van der Waals surface area contributed by atoms with Crippen molar-refractivity contribution in [1.29, 1.82) is 0 Å². The number of pyridine rings is 1. The zero-order valence-electron chi connectivity index (χ0n) is 14.1. The van der Waals surface area contributed by atoms with E-state index in [9.17, 15) is 13.2 Å². The van der Waals surface area contributed by atoms with Crippen molar-refractivity contribution in [3.8, 4) is 22.9 Å². The third kappa shape index (κ3) is 3.82. The molecule has 4 rings (SSSR count). The Bertz CT molecular complexity index is 1160. The highest BCUT2D eigenvalue weighted by atomic mass is 79.9. The second-order valence-electron chi connectivity index (χ2n) is 5.89. The van der Waals surface area contributed by atoms with Crippen molar-refractivity contribution < 1.29 is 17.9 Å². The van der Waals surface area contributed by atoms with Gasteiger partial charge in [-0.05, 0) is 30.3 Å². The third-order valence-corrected chi connectivity index (χ3v) is 4.67. The van der Waals surface area contributed by atoms with Crippen LogP contribution in [0, 0.1) is 0 Å². The molecule has 0 spiro atoms. The molecule has 0 atom stereocenters. The number of benzene rings is 2. The highest BCUT2D eigenvalue weighted by Crippen LogP contribution is 2.36. The second-order valence-corrected chi connectivity index (χ2v) is 6.75. The van der Waals surface area contributed by atoms with Gasteiger partial charge < -0.3 is 4.74 Å². The molecule has 2 aromatic carbocycles. The Morgan fingerprint density at radius 1 is 0.893 bits per heavy atom. The first kappa shape index (κ1) is 18.4. The molecular weight excluding hydrogens is 435 g/mol. The van der Waals surface area contributed by atoms with Crippen LogP contribution in [0.5, 0.6) is 11.6 Å². The van der Waals surface area contributed by atoms with Crippen molar-refractivity contribution in [3.05, 3.63) is 77.2 Å². The van der Waals surface area contributed by atoms with Crippen LogP contribution in [0.25, 0.3) is 22.2 Å². The normalized spacial score (nSPS) is 11.6. The molecular formula is C20H11BrF3N3O. The Kier molecular flexibility index (Phi) is 4.72. The van der Waals surface area contributed by atoms with Crippen LogP contribution >= 0.6 is 15.9 Å². The second kappa shape index (κ2) is 7.20. The fraction of sp³-hybridized carbons (Fsp3) is 0.0500. The topological polar surface area (TPSA) is 47.9 Å². The molecule has 0 N–H and O–H groups in total. The van der Waals surface area contributed by atoms with Gasteiger partial charge in [0.2, 0.25) is 5.88 Å². The van der Waals surface area contributed by atoms with Crippen LogP contribution in [-0.4, -0.2) is 15.0 Å². The van der Waals surface area contributed by atoms with Crippen LogP contribution in [-0.2, 0) is 6.18 Å². The smallest absolute Gasteiger partial charge is 0.416 e. The Labute approximate surface area is 166 Å². The summed E-state index contributed by atoms with van der Waals surface area (Å²) in [5.41, 5.74) is 0.974. The highest BCUT2D eigenvalue weighted by molar-refractivity contribution is 9.10. The van der Waals surface area contributed by atoms with Crippen molar-refractivity contribution in [3.63, 3.8) is 0 Å². The Morgan fingerprint density at radius 2 is 1.75 bits per heavy atom. The molecule has 0 amide bonds. The van der Waals surface area contributed by atoms with E-state index < -0.39 is 11.7 Å². The molecule has 2 aromatic heterocycles. The van der Waals surface area contributed by atoms with Crippen LogP contribution in [0.1, 0.15) is 5.56 Å². The van der Waals surface area contributed by atoms with Crippen LogP contribution in [0.2, 0.25) is 0 Å².